The highest BCUT2D eigenvalue weighted by Gasteiger charge is 2.19. The van der Waals surface area contributed by atoms with Crippen molar-refractivity contribution in [1.82, 2.24) is 24.7 Å². The summed E-state index contributed by atoms with van der Waals surface area (Å²) in [6.07, 6.45) is 1.53. The van der Waals surface area contributed by atoms with E-state index in [9.17, 15) is 9.18 Å². The quantitative estimate of drug-likeness (QED) is 0.551. The van der Waals surface area contributed by atoms with E-state index >= 15 is 0 Å². The monoisotopic (exact) mass is 379 g/mol. The summed E-state index contributed by atoms with van der Waals surface area (Å²) in [6, 6.07) is 5.52. The first kappa shape index (κ1) is 15.8. The van der Waals surface area contributed by atoms with Crippen LogP contribution in [0.3, 0.4) is 0 Å². The predicted octanol–water partition coefficient (Wildman–Crippen LogP) is 3.30. The molecule has 0 aliphatic heterocycles. The van der Waals surface area contributed by atoms with Crippen LogP contribution < -0.4 is 5.76 Å². The number of nitrogens with one attached hydrogen (secondary N) is 1. The Bertz CT molecular complexity index is 1150. The SMILES string of the molecule is O=c1onc(-c2ccnc3nc(CCl)[nH]c23)n1-c1ccc(F)c(Cl)c1. The fourth-order valence-corrected chi connectivity index (χ4v) is 2.78. The molecule has 0 unspecified atom stereocenters. The minimum Gasteiger partial charge on any atom is -0.339 e. The summed E-state index contributed by atoms with van der Waals surface area (Å²) in [5.41, 5.74) is 1.82. The van der Waals surface area contributed by atoms with Gasteiger partial charge in [-0.3, -0.25) is 4.52 Å². The zero-order chi connectivity index (χ0) is 17.6. The van der Waals surface area contributed by atoms with Crippen LogP contribution in [0, 0.1) is 5.82 Å². The number of hydrogen-bond donors (Lipinski definition) is 1. The highest BCUT2D eigenvalue weighted by atomic mass is 35.5. The van der Waals surface area contributed by atoms with E-state index < -0.39 is 11.6 Å². The number of nitrogens with zero attached hydrogens (tertiary/aromatic N) is 4. The molecular weight excluding hydrogens is 372 g/mol. The Kier molecular flexibility index (Phi) is 3.78. The number of imidazole rings is 1. The van der Waals surface area contributed by atoms with Gasteiger partial charge in [-0.1, -0.05) is 16.8 Å². The maximum atomic E-state index is 13.4. The van der Waals surface area contributed by atoms with E-state index in [-0.39, 0.29) is 16.7 Å². The minimum absolute atomic E-state index is 0.123. The van der Waals surface area contributed by atoms with Crippen LogP contribution in [0.25, 0.3) is 28.2 Å². The lowest BCUT2D eigenvalue weighted by Crippen LogP contribution is -2.13. The molecule has 0 amide bonds. The molecule has 0 spiro atoms. The van der Waals surface area contributed by atoms with Crippen LogP contribution in [-0.4, -0.2) is 24.7 Å². The first-order valence-electron chi connectivity index (χ1n) is 7.02. The van der Waals surface area contributed by atoms with Gasteiger partial charge in [-0.05, 0) is 24.3 Å². The fourth-order valence-electron chi connectivity index (χ4n) is 2.48. The van der Waals surface area contributed by atoms with Crippen LogP contribution in [0.5, 0.6) is 0 Å². The van der Waals surface area contributed by atoms with E-state index in [1.807, 2.05) is 0 Å². The summed E-state index contributed by atoms with van der Waals surface area (Å²) in [4.78, 5) is 23.6. The highest BCUT2D eigenvalue weighted by molar-refractivity contribution is 6.30. The molecule has 0 bridgehead atoms. The summed E-state index contributed by atoms with van der Waals surface area (Å²) >= 11 is 11.6. The minimum atomic E-state index is -0.736. The second-order valence-electron chi connectivity index (χ2n) is 5.08. The van der Waals surface area contributed by atoms with Gasteiger partial charge in [0.05, 0.1) is 27.7 Å². The number of halogens is 3. The van der Waals surface area contributed by atoms with Gasteiger partial charge in [-0.2, -0.15) is 0 Å². The van der Waals surface area contributed by atoms with Crippen molar-refractivity contribution in [3.8, 4) is 17.1 Å². The van der Waals surface area contributed by atoms with Gasteiger partial charge in [0, 0.05) is 6.20 Å². The van der Waals surface area contributed by atoms with Crippen LogP contribution in [0.4, 0.5) is 4.39 Å². The highest BCUT2D eigenvalue weighted by Crippen LogP contribution is 2.27. The largest absolute Gasteiger partial charge is 0.446 e. The van der Waals surface area contributed by atoms with Crippen LogP contribution >= 0.6 is 23.2 Å². The van der Waals surface area contributed by atoms with E-state index in [2.05, 4.69) is 20.1 Å². The van der Waals surface area contributed by atoms with Crippen LogP contribution in [0.15, 0.2) is 39.8 Å². The molecule has 25 heavy (non-hydrogen) atoms. The number of hydrogen-bond acceptors (Lipinski definition) is 5. The molecule has 0 fully saturated rings. The van der Waals surface area contributed by atoms with E-state index in [1.165, 1.54) is 22.9 Å². The molecule has 0 radical (unpaired) electrons. The molecule has 7 nitrogen and oxygen atoms in total. The van der Waals surface area contributed by atoms with E-state index in [0.29, 0.717) is 28.2 Å². The fraction of sp³-hybridized carbons (Fsp3) is 0.0667. The Morgan fingerprint density at radius 2 is 2.16 bits per heavy atom. The molecule has 0 aliphatic rings. The summed E-state index contributed by atoms with van der Waals surface area (Å²) in [7, 11) is 0. The van der Waals surface area contributed by atoms with Crippen LogP contribution in [-0.2, 0) is 5.88 Å². The molecule has 0 saturated heterocycles. The Morgan fingerprint density at radius 3 is 2.92 bits per heavy atom. The average molecular weight is 380 g/mol. The van der Waals surface area contributed by atoms with Crippen molar-refractivity contribution < 1.29 is 8.91 Å². The standard InChI is InChI=1S/C15H8Cl2FN5O2/c16-6-11-20-12-8(3-4-19-13(12)21-11)14-22-25-15(24)23(14)7-1-2-10(18)9(17)5-7/h1-5H,6H2,(H,19,20,21). The first-order valence-corrected chi connectivity index (χ1v) is 7.94. The number of fused-ring (bicyclic) bond motifs is 1. The van der Waals surface area contributed by atoms with Crippen molar-refractivity contribution in [2.75, 3.05) is 0 Å². The summed E-state index contributed by atoms with van der Waals surface area (Å²) < 4.78 is 19.4. The smallest absolute Gasteiger partial charge is 0.339 e. The van der Waals surface area contributed by atoms with Crippen LogP contribution in [0.2, 0.25) is 5.02 Å². The molecular formula is C15H8Cl2FN5O2. The zero-order valence-corrected chi connectivity index (χ0v) is 13.8. The lowest BCUT2D eigenvalue weighted by Gasteiger charge is -2.06. The van der Waals surface area contributed by atoms with Crippen molar-refractivity contribution in [3.05, 3.63) is 57.7 Å². The van der Waals surface area contributed by atoms with Crippen molar-refractivity contribution in [3.63, 3.8) is 0 Å². The molecule has 1 N–H and O–H groups in total. The molecule has 3 aromatic heterocycles. The van der Waals surface area contributed by atoms with Crippen molar-refractivity contribution in [2.45, 2.75) is 5.88 Å². The predicted molar refractivity (Wildman–Crippen MR) is 89.5 cm³/mol. The molecule has 0 aliphatic carbocycles. The lowest BCUT2D eigenvalue weighted by molar-refractivity contribution is 0.383. The van der Waals surface area contributed by atoms with Crippen molar-refractivity contribution >= 4 is 34.4 Å². The van der Waals surface area contributed by atoms with Gasteiger partial charge >= 0.3 is 5.76 Å². The lowest BCUT2D eigenvalue weighted by atomic mass is 10.2. The molecule has 3 heterocycles. The summed E-state index contributed by atoms with van der Waals surface area (Å²) in [5.74, 6) is -0.430. The Morgan fingerprint density at radius 1 is 1.32 bits per heavy atom. The number of aromatic amines is 1. The third-order valence-electron chi connectivity index (χ3n) is 3.57. The third kappa shape index (κ3) is 2.59. The van der Waals surface area contributed by atoms with Crippen LogP contribution in [0.1, 0.15) is 5.82 Å². The number of rotatable bonds is 3. The number of benzene rings is 1. The van der Waals surface area contributed by atoms with Crippen molar-refractivity contribution in [1.29, 1.82) is 0 Å². The summed E-state index contributed by atoms with van der Waals surface area (Å²) in [6.45, 7) is 0. The van der Waals surface area contributed by atoms with Gasteiger partial charge in [0.25, 0.3) is 0 Å². The molecule has 126 valence electrons. The number of H-pyrrole nitrogens is 1. The number of pyridine rings is 1. The number of aromatic nitrogens is 5. The molecule has 0 saturated carbocycles. The average Bonchev–Trinajstić information content (AvgIpc) is 3.20. The van der Waals surface area contributed by atoms with E-state index in [4.69, 9.17) is 27.7 Å². The van der Waals surface area contributed by atoms with Gasteiger partial charge in [0.2, 0.25) is 0 Å². The molecule has 1 aromatic carbocycles. The molecule has 4 rings (SSSR count). The van der Waals surface area contributed by atoms with Gasteiger partial charge in [-0.25, -0.2) is 23.7 Å². The normalized spacial score (nSPS) is 11.3. The maximum absolute atomic E-state index is 13.4. The van der Waals surface area contributed by atoms with Gasteiger partial charge in [-0.15, -0.1) is 11.6 Å². The van der Waals surface area contributed by atoms with Gasteiger partial charge in [0.15, 0.2) is 11.5 Å². The van der Waals surface area contributed by atoms with Gasteiger partial charge in [0.1, 0.15) is 11.6 Å². The molecule has 4 aromatic rings. The van der Waals surface area contributed by atoms with Gasteiger partial charge < -0.3 is 4.98 Å². The number of alkyl halides is 1. The molecule has 10 heteroatoms. The van der Waals surface area contributed by atoms with Crippen molar-refractivity contribution in [2.24, 2.45) is 0 Å². The first-order chi connectivity index (χ1) is 12.1. The second kappa shape index (κ2) is 5.98. The Labute approximate surface area is 149 Å². The third-order valence-corrected chi connectivity index (χ3v) is 4.12. The second-order valence-corrected chi connectivity index (χ2v) is 5.75. The Hall–Kier alpha value is -2.71. The van der Waals surface area contributed by atoms with E-state index in [1.54, 1.807) is 6.07 Å². The maximum Gasteiger partial charge on any atom is 0.446 e. The summed E-state index contributed by atoms with van der Waals surface area (Å²) in [5, 5.41) is 3.71. The Balaban J connectivity index is 1.98. The molecule has 0 atom stereocenters. The van der Waals surface area contributed by atoms with E-state index in [0.717, 1.165) is 6.07 Å². The topological polar surface area (TPSA) is 89.6 Å². The zero-order valence-electron chi connectivity index (χ0n) is 12.3.